The summed E-state index contributed by atoms with van der Waals surface area (Å²) in [6.07, 6.45) is 3.71. The lowest BCUT2D eigenvalue weighted by Crippen LogP contribution is -2.34. The van der Waals surface area contributed by atoms with Crippen LogP contribution in [0.15, 0.2) is 77.9 Å². The molecule has 0 aliphatic heterocycles. The van der Waals surface area contributed by atoms with E-state index in [0.717, 1.165) is 11.3 Å². The van der Waals surface area contributed by atoms with Gasteiger partial charge in [-0.2, -0.15) is 10.2 Å². The van der Waals surface area contributed by atoms with Crippen molar-refractivity contribution < 1.29 is 4.79 Å². The van der Waals surface area contributed by atoms with Gasteiger partial charge in [-0.1, -0.05) is 35.9 Å². The van der Waals surface area contributed by atoms with Crippen LogP contribution in [0.3, 0.4) is 0 Å². The summed E-state index contributed by atoms with van der Waals surface area (Å²) in [6.45, 7) is 5.30. The van der Waals surface area contributed by atoms with Crippen LogP contribution >= 0.6 is 11.6 Å². The Morgan fingerprint density at radius 3 is 2.43 bits per heavy atom. The van der Waals surface area contributed by atoms with Gasteiger partial charge in [0, 0.05) is 23.1 Å². The van der Waals surface area contributed by atoms with Crippen molar-refractivity contribution in [1.29, 1.82) is 0 Å². The number of aromatic nitrogens is 5. The smallest absolute Gasteiger partial charge is 0.280 e. The fourth-order valence-corrected chi connectivity index (χ4v) is 4.20. The summed E-state index contributed by atoms with van der Waals surface area (Å²) < 4.78 is 4.79. The second kappa shape index (κ2) is 8.88. The first kappa shape index (κ1) is 22.6. The quantitative estimate of drug-likeness (QED) is 0.385. The van der Waals surface area contributed by atoms with Crippen LogP contribution < -0.4 is 10.9 Å². The van der Waals surface area contributed by atoms with E-state index in [1.54, 1.807) is 30.7 Å². The number of anilines is 1. The van der Waals surface area contributed by atoms with Gasteiger partial charge in [0.1, 0.15) is 16.9 Å². The van der Waals surface area contributed by atoms with E-state index in [1.807, 2.05) is 72.4 Å². The minimum atomic E-state index is -0.874. The molecular weight excluding hydrogens is 464 g/mol. The monoisotopic (exact) mass is 486 g/mol. The van der Waals surface area contributed by atoms with Gasteiger partial charge >= 0.3 is 0 Å². The predicted octanol–water partition coefficient (Wildman–Crippen LogP) is 4.84. The molecule has 0 spiro atoms. The van der Waals surface area contributed by atoms with Gasteiger partial charge in [-0.15, -0.1) is 0 Å². The highest BCUT2D eigenvalue weighted by molar-refractivity contribution is 6.31. The maximum atomic E-state index is 13.8. The van der Waals surface area contributed by atoms with E-state index in [2.05, 4.69) is 10.4 Å². The molecule has 0 saturated carbocycles. The SMILES string of the molecule is Cc1ccc(Cl)cc1NC(=O)[C@@H](C)n1nc(C)c2nn(-c3ccccc3)c(-n3cccc3)c2c1=O. The topological polar surface area (TPSA) is 86.7 Å². The normalized spacial score (nSPS) is 12.1. The number of aryl methyl sites for hydroxylation is 2. The van der Waals surface area contributed by atoms with E-state index >= 15 is 0 Å². The van der Waals surface area contributed by atoms with Crippen molar-refractivity contribution >= 4 is 34.1 Å². The van der Waals surface area contributed by atoms with Crippen LogP contribution in [0.2, 0.25) is 5.02 Å². The van der Waals surface area contributed by atoms with Gasteiger partial charge in [-0.25, -0.2) is 9.36 Å². The lowest BCUT2D eigenvalue weighted by molar-refractivity contribution is -0.119. The highest BCUT2D eigenvalue weighted by Crippen LogP contribution is 2.26. The second-order valence-corrected chi connectivity index (χ2v) is 8.78. The molecule has 3 heterocycles. The predicted molar refractivity (Wildman–Crippen MR) is 137 cm³/mol. The zero-order chi connectivity index (χ0) is 24.7. The molecule has 0 saturated heterocycles. The number of nitrogens with zero attached hydrogens (tertiary/aromatic N) is 5. The molecule has 35 heavy (non-hydrogen) atoms. The van der Waals surface area contributed by atoms with Gasteiger partial charge in [-0.3, -0.25) is 9.59 Å². The Hall–Kier alpha value is -4.17. The summed E-state index contributed by atoms with van der Waals surface area (Å²) in [7, 11) is 0. The van der Waals surface area contributed by atoms with Gasteiger partial charge < -0.3 is 9.88 Å². The Balaban J connectivity index is 1.66. The molecule has 1 amide bonds. The molecule has 0 bridgehead atoms. The summed E-state index contributed by atoms with van der Waals surface area (Å²) in [5, 5.41) is 13.0. The van der Waals surface area contributed by atoms with Crippen molar-refractivity contribution in [3.05, 3.63) is 99.7 Å². The Morgan fingerprint density at radius 1 is 1.00 bits per heavy atom. The molecule has 1 N–H and O–H groups in total. The van der Waals surface area contributed by atoms with E-state index in [9.17, 15) is 9.59 Å². The number of benzene rings is 2. The Kier molecular flexibility index (Phi) is 5.74. The summed E-state index contributed by atoms with van der Waals surface area (Å²) in [6, 6.07) is 17.7. The van der Waals surface area contributed by atoms with Crippen molar-refractivity contribution in [1.82, 2.24) is 24.1 Å². The molecule has 3 aromatic heterocycles. The first-order valence-corrected chi connectivity index (χ1v) is 11.5. The summed E-state index contributed by atoms with van der Waals surface area (Å²) in [5.41, 5.74) is 2.88. The Bertz CT molecular complexity index is 1600. The van der Waals surface area contributed by atoms with Gasteiger partial charge in [0.25, 0.3) is 5.56 Å². The van der Waals surface area contributed by atoms with E-state index in [4.69, 9.17) is 16.7 Å². The summed E-state index contributed by atoms with van der Waals surface area (Å²) in [4.78, 5) is 26.9. The average molecular weight is 487 g/mol. The third-order valence-corrected chi connectivity index (χ3v) is 6.17. The highest BCUT2D eigenvalue weighted by Gasteiger charge is 2.25. The first-order chi connectivity index (χ1) is 16.8. The number of halogens is 1. The number of carbonyl (C=O) groups is 1. The molecule has 0 fully saturated rings. The molecule has 0 aliphatic rings. The maximum Gasteiger partial charge on any atom is 0.280 e. The van der Waals surface area contributed by atoms with E-state index < -0.39 is 11.6 Å². The number of hydrogen-bond acceptors (Lipinski definition) is 4. The first-order valence-electron chi connectivity index (χ1n) is 11.1. The standard InChI is InChI=1S/C26H23ClN6O2/c1-16-11-12-19(27)15-21(16)28-24(34)18(3)32-26(35)22-23(17(2)29-32)30-33(20-9-5-4-6-10-20)25(22)31-13-7-8-14-31/h4-15,18H,1-3H3,(H,28,34)/t18-/m1/s1. The molecule has 0 radical (unpaired) electrons. The molecule has 5 aromatic rings. The van der Waals surface area contributed by atoms with Crippen LogP contribution in [0.5, 0.6) is 0 Å². The molecular formula is C26H23ClN6O2. The van der Waals surface area contributed by atoms with Crippen LogP contribution in [0.1, 0.15) is 24.2 Å². The zero-order valence-corrected chi connectivity index (χ0v) is 20.2. The van der Waals surface area contributed by atoms with Crippen molar-refractivity contribution in [3.63, 3.8) is 0 Å². The number of hydrogen-bond donors (Lipinski definition) is 1. The van der Waals surface area contributed by atoms with Gasteiger partial charge in [0.2, 0.25) is 5.91 Å². The zero-order valence-electron chi connectivity index (χ0n) is 19.4. The molecule has 0 aliphatic carbocycles. The summed E-state index contributed by atoms with van der Waals surface area (Å²) in [5.74, 6) is 0.209. The minimum Gasteiger partial charge on any atom is -0.324 e. The number of nitrogens with one attached hydrogen (secondary N) is 1. The van der Waals surface area contributed by atoms with Crippen LogP contribution in [-0.2, 0) is 4.79 Å². The molecule has 5 rings (SSSR count). The van der Waals surface area contributed by atoms with Gasteiger partial charge in [-0.05, 0) is 62.7 Å². The number of rotatable bonds is 5. The van der Waals surface area contributed by atoms with Gasteiger partial charge in [0.15, 0.2) is 5.82 Å². The third-order valence-electron chi connectivity index (χ3n) is 5.94. The molecule has 1 atom stereocenters. The number of para-hydroxylation sites is 1. The Labute approximate surface area is 206 Å². The number of amides is 1. The largest absolute Gasteiger partial charge is 0.324 e. The van der Waals surface area contributed by atoms with E-state index in [1.165, 1.54) is 4.68 Å². The van der Waals surface area contributed by atoms with Crippen LogP contribution in [-0.4, -0.2) is 30.0 Å². The van der Waals surface area contributed by atoms with E-state index in [-0.39, 0.29) is 5.91 Å². The number of carbonyl (C=O) groups excluding carboxylic acids is 1. The molecule has 8 nitrogen and oxygen atoms in total. The van der Waals surface area contributed by atoms with Crippen molar-refractivity contribution in [2.24, 2.45) is 0 Å². The number of fused-ring (bicyclic) bond motifs is 1. The van der Waals surface area contributed by atoms with Crippen LogP contribution in [0.4, 0.5) is 5.69 Å². The van der Waals surface area contributed by atoms with Crippen molar-refractivity contribution in [2.75, 3.05) is 5.32 Å². The van der Waals surface area contributed by atoms with Crippen molar-refractivity contribution in [3.8, 4) is 11.5 Å². The van der Waals surface area contributed by atoms with E-state index in [0.29, 0.717) is 33.1 Å². The Morgan fingerprint density at radius 2 is 1.71 bits per heavy atom. The summed E-state index contributed by atoms with van der Waals surface area (Å²) >= 11 is 6.10. The molecule has 2 aromatic carbocycles. The second-order valence-electron chi connectivity index (χ2n) is 8.34. The van der Waals surface area contributed by atoms with Gasteiger partial charge in [0.05, 0.1) is 11.4 Å². The molecule has 0 unspecified atom stereocenters. The highest BCUT2D eigenvalue weighted by atomic mass is 35.5. The fourth-order valence-electron chi connectivity index (χ4n) is 4.03. The van der Waals surface area contributed by atoms with Crippen LogP contribution in [0.25, 0.3) is 22.4 Å². The molecule has 9 heteroatoms. The van der Waals surface area contributed by atoms with Crippen LogP contribution in [0, 0.1) is 13.8 Å². The fraction of sp³-hybridized carbons (Fsp3) is 0.154. The lowest BCUT2D eigenvalue weighted by atomic mass is 10.2. The lowest BCUT2D eigenvalue weighted by Gasteiger charge is -2.16. The average Bonchev–Trinajstić information content (AvgIpc) is 3.52. The maximum absolute atomic E-state index is 13.8. The third kappa shape index (κ3) is 4.02. The van der Waals surface area contributed by atoms with Crippen molar-refractivity contribution in [2.45, 2.75) is 26.8 Å². The molecule has 176 valence electrons. The minimum absolute atomic E-state index is 0.373.